The van der Waals surface area contributed by atoms with Gasteiger partial charge in [-0.3, -0.25) is 0 Å². The van der Waals surface area contributed by atoms with E-state index in [2.05, 4.69) is 9.88 Å². The fraction of sp³-hybridized carbons (Fsp3) is 0.583. The van der Waals surface area contributed by atoms with Crippen LogP contribution in [0.3, 0.4) is 0 Å². The summed E-state index contributed by atoms with van der Waals surface area (Å²) in [6.45, 7) is 0. The van der Waals surface area contributed by atoms with Crippen LogP contribution in [0, 0.1) is 0 Å². The number of hydrogen-bond acceptors (Lipinski definition) is 4. The highest BCUT2D eigenvalue weighted by atomic mass is 32.2. The molecule has 0 radical (unpaired) electrons. The largest absolute Gasteiger partial charge is 0.396 e. The van der Waals surface area contributed by atoms with E-state index in [1.807, 2.05) is 30.1 Å². The van der Waals surface area contributed by atoms with Gasteiger partial charge >= 0.3 is 0 Å². The van der Waals surface area contributed by atoms with Gasteiger partial charge in [-0.05, 0) is 37.1 Å². The summed E-state index contributed by atoms with van der Waals surface area (Å²) < 4.78 is 0. The molecular formula is C12H17N3S. The minimum absolute atomic E-state index is 0.648. The summed E-state index contributed by atoms with van der Waals surface area (Å²) in [6.07, 6.45) is 5.73. The quantitative estimate of drug-likeness (QED) is 0.871. The number of anilines is 2. The number of nitrogen functional groups attached to an aromatic ring is 1. The molecule has 0 amide bonds. The molecule has 2 heterocycles. The number of nitrogens with zero attached hydrogens (tertiary/aromatic N) is 2. The predicted octanol–water partition coefficient (Wildman–Crippen LogP) is 2.14. The van der Waals surface area contributed by atoms with Gasteiger partial charge in [-0.15, -0.1) is 0 Å². The van der Waals surface area contributed by atoms with Crippen LogP contribution in [-0.4, -0.2) is 28.6 Å². The predicted molar refractivity (Wildman–Crippen MR) is 69.9 cm³/mol. The molecule has 2 N–H and O–H groups in total. The standard InChI is InChI=1S/C12H17N3S/c13-11-2-1-6-14-12(11)15(9-3-4-9)10-5-7-16-8-10/h1-2,6,9-10H,3-5,7-8,13H2/t10-/m1/s1. The maximum Gasteiger partial charge on any atom is 0.152 e. The average molecular weight is 235 g/mol. The Bertz CT molecular complexity index is 372. The second-order valence-electron chi connectivity index (χ2n) is 4.57. The number of aromatic nitrogens is 1. The molecule has 86 valence electrons. The Labute approximate surface area is 100 Å². The molecule has 0 aromatic carbocycles. The molecule has 0 spiro atoms. The maximum absolute atomic E-state index is 6.04. The lowest BCUT2D eigenvalue weighted by Crippen LogP contribution is -2.38. The molecule has 1 atom stereocenters. The molecule has 3 nitrogen and oxygen atoms in total. The summed E-state index contributed by atoms with van der Waals surface area (Å²) in [6, 6.07) is 5.21. The first-order valence-electron chi connectivity index (χ1n) is 5.93. The van der Waals surface area contributed by atoms with E-state index in [0.717, 1.165) is 11.5 Å². The van der Waals surface area contributed by atoms with Crippen molar-refractivity contribution in [2.24, 2.45) is 0 Å². The minimum atomic E-state index is 0.648. The van der Waals surface area contributed by atoms with E-state index >= 15 is 0 Å². The van der Waals surface area contributed by atoms with Crippen molar-refractivity contribution in [2.75, 3.05) is 22.1 Å². The van der Waals surface area contributed by atoms with E-state index in [1.165, 1.54) is 30.8 Å². The number of pyridine rings is 1. The summed E-state index contributed by atoms with van der Waals surface area (Å²) in [5, 5.41) is 0. The molecule has 4 heteroatoms. The van der Waals surface area contributed by atoms with Crippen LogP contribution >= 0.6 is 11.8 Å². The van der Waals surface area contributed by atoms with Crippen LogP contribution in [0.15, 0.2) is 18.3 Å². The smallest absolute Gasteiger partial charge is 0.152 e. The Kier molecular flexibility index (Phi) is 2.67. The molecule has 1 saturated carbocycles. The molecule has 0 bridgehead atoms. The molecule has 2 aliphatic rings. The van der Waals surface area contributed by atoms with E-state index in [9.17, 15) is 0 Å². The lowest BCUT2D eigenvalue weighted by atomic mass is 10.2. The van der Waals surface area contributed by atoms with Crippen LogP contribution in [0.4, 0.5) is 11.5 Å². The molecule has 3 rings (SSSR count). The zero-order chi connectivity index (χ0) is 11.0. The van der Waals surface area contributed by atoms with Gasteiger partial charge in [0.15, 0.2) is 5.82 Å². The summed E-state index contributed by atoms with van der Waals surface area (Å²) in [5.41, 5.74) is 6.87. The van der Waals surface area contributed by atoms with Crippen LogP contribution in [0.25, 0.3) is 0 Å². The van der Waals surface area contributed by atoms with Crippen molar-refractivity contribution in [3.63, 3.8) is 0 Å². The third-order valence-electron chi connectivity index (χ3n) is 3.30. The number of nitrogens with two attached hydrogens (primary N) is 1. The molecule has 2 fully saturated rings. The molecule has 1 aromatic heterocycles. The topological polar surface area (TPSA) is 42.1 Å². The average Bonchev–Trinajstić information content (AvgIpc) is 2.97. The Morgan fingerprint density at radius 2 is 2.19 bits per heavy atom. The number of thioether (sulfide) groups is 1. The van der Waals surface area contributed by atoms with Crippen LogP contribution in [0.1, 0.15) is 19.3 Å². The maximum atomic E-state index is 6.04. The van der Waals surface area contributed by atoms with E-state index in [0.29, 0.717) is 12.1 Å². The zero-order valence-electron chi connectivity index (χ0n) is 9.30. The van der Waals surface area contributed by atoms with Crippen LogP contribution in [-0.2, 0) is 0 Å². The first-order chi connectivity index (χ1) is 7.86. The Morgan fingerprint density at radius 1 is 1.31 bits per heavy atom. The Hall–Kier alpha value is -0.900. The molecule has 16 heavy (non-hydrogen) atoms. The van der Waals surface area contributed by atoms with Gasteiger partial charge < -0.3 is 10.6 Å². The van der Waals surface area contributed by atoms with Crippen molar-refractivity contribution in [1.82, 2.24) is 4.98 Å². The molecular weight excluding hydrogens is 218 g/mol. The SMILES string of the molecule is Nc1cccnc1N(C1CC1)[C@@H]1CCSC1. The monoisotopic (exact) mass is 235 g/mol. The van der Waals surface area contributed by atoms with Crippen molar-refractivity contribution >= 4 is 23.3 Å². The van der Waals surface area contributed by atoms with Crippen molar-refractivity contribution in [3.8, 4) is 0 Å². The van der Waals surface area contributed by atoms with Crippen LogP contribution in [0.2, 0.25) is 0 Å². The van der Waals surface area contributed by atoms with Crippen LogP contribution in [0.5, 0.6) is 0 Å². The number of rotatable bonds is 3. The van der Waals surface area contributed by atoms with E-state index in [1.54, 1.807) is 0 Å². The summed E-state index contributed by atoms with van der Waals surface area (Å²) in [5.74, 6) is 3.52. The van der Waals surface area contributed by atoms with Gasteiger partial charge in [-0.1, -0.05) is 0 Å². The highest BCUT2D eigenvalue weighted by molar-refractivity contribution is 7.99. The number of hydrogen-bond donors (Lipinski definition) is 1. The van der Waals surface area contributed by atoms with Crippen LogP contribution < -0.4 is 10.6 Å². The highest BCUT2D eigenvalue weighted by Crippen LogP contribution is 2.38. The van der Waals surface area contributed by atoms with Gasteiger partial charge in [-0.25, -0.2) is 4.98 Å². The first-order valence-corrected chi connectivity index (χ1v) is 7.08. The lowest BCUT2D eigenvalue weighted by molar-refractivity contribution is 0.633. The van der Waals surface area contributed by atoms with Gasteiger partial charge in [0.25, 0.3) is 0 Å². The highest BCUT2D eigenvalue weighted by Gasteiger charge is 2.36. The fourth-order valence-electron chi connectivity index (χ4n) is 2.36. The third kappa shape index (κ3) is 1.86. The van der Waals surface area contributed by atoms with Gasteiger partial charge in [0, 0.05) is 24.0 Å². The molecule has 1 aliphatic heterocycles. The van der Waals surface area contributed by atoms with Gasteiger partial charge in [0.05, 0.1) is 5.69 Å². The Morgan fingerprint density at radius 3 is 2.81 bits per heavy atom. The normalized spacial score (nSPS) is 24.6. The molecule has 1 saturated heterocycles. The van der Waals surface area contributed by atoms with Gasteiger partial charge in [0.1, 0.15) is 0 Å². The van der Waals surface area contributed by atoms with Gasteiger partial charge in [-0.2, -0.15) is 11.8 Å². The van der Waals surface area contributed by atoms with Crippen molar-refractivity contribution in [3.05, 3.63) is 18.3 Å². The van der Waals surface area contributed by atoms with Gasteiger partial charge in [0.2, 0.25) is 0 Å². The Balaban J connectivity index is 1.90. The van der Waals surface area contributed by atoms with E-state index in [-0.39, 0.29) is 0 Å². The summed E-state index contributed by atoms with van der Waals surface area (Å²) >= 11 is 2.05. The van der Waals surface area contributed by atoms with Crippen molar-refractivity contribution < 1.29 is 0 Å². The second kappa shape index (κ2) is 4.17. The minimum Gasteiger partial charge on any atom is -0.396 e. The zero-order valence-corrected chi connectivity index (χ0v) is 10.1. The fourth-order valence-corrected chi connectivity index (χ4v) is 3.57. The first kappa shape index (κ1) is 10.3. The molecule has 1 aromatic rings. The molecule has 1 aliphatic carbocycles. The van der Waals surface area contributed by atoms with Crippen molar-refractivity contribution in [2.45, 2.75) is 31.3 Å². The summed E-state index contributed by atoms with van der Waals surface area (Å²) in [4.78, 5) is 6.96. The summed E-state index contributed by atoms with van der Waals surface area (Å²) in [7, 11) is 0. The lowest BCUT2D eigenvalue weighted by Gasteiger charge is -2.30. The van der Waals surface area contributed by atoms with E-state index in [4.69, 9.17) is 5.73 Å². The molecule has 0 unspecified atom stereocenters. The second-order valence-corrected chi connectivity index (χ2v) is 5.72. The van der Waals surface area contributed by atoms with Crippen molar-refractivity contribution in [1.29, 1.82) is 0 Å². The van der Waals surface area contributed by atoms with E-state index < -0.39 is 0 Å². The third-order valence-corrected chi connectivity index (χ3v) is 4.45.